The molecule has 4 rings (SSSR count). The first-order valence-corrected chi connectivity index (χ1v) is 14.5. The summed E-state index contributed by atoms with van der Waals surface area (Å²) in [4.78, 5) is 35.8. The highest BCUT2D eigenvalue weighted by molar-refractivity contribution is 5.68. The van der Waals surface area contributed by atoms with Gasteiger partial charge in [-0.1, -0.05) is 25.1 Å². The molecule has 1 atom stereocenters. The number of benzene rings is 1. The van der Waals surface area contributed by atoms with Gasteiger partial charge in [-0.3, -0.25) is 9.78 Å². The predicted octanol–water partition coefficient (Wildman–Crippen LogP) is 6.89. The molecule has 0 bridgehead atoms. The zero-order valence-electron chi connectivity index (χ0n) is 25.8. The quantitative estimate of drug-likeness (QED) is 0.273. The minimum Gasteiger partial charge on any atom is -0.471 e. The second-order valence-electron chi connectivity index (χ2n) is 11.4. The van der Waals surface area contributed by atoms with Crippen LogP contribution in [0.3, 0.4) is 0 Å². The molecule has 1 unspecified atom stereocenters. The molecule has 1 aromatic carbocycles. The van der Waals surface area contributed by atoms with Crippen LogP contribution in [0.2, 0.25) is 0 Å². The zero-order valence-corrected chi connectivity index (χ0v) is 25.8. The summed E-state index contributed by atoms with van der Waals surface area (Å²) in [6, 6.07) is 11.4. The van der Waals surface area contributed by atoms with Crippen LogP contribution in [0.4, 0.5) is 29.6 Å². The van der Waals surface area contributed by atoms with E-state index in [0.717, 1.165) is 42.3 Å². The third-order valence-corrected chi connectivity index (χ3v) is 6.94. The molecule has 0 radical (unpaired) electrons. The summed E-state index contributed by atoms with van der Waals surface area (Å²) in [5.74, 6) is 0.269. The Bertz CT molecular complexity index is 1380. The highest BCUT2D eigenvalue weighted by Gasteiger charge is 2.35. The number of pyridine rings is 1. The lowest BCUT2D eigenvalue weighted by molar-refractivity contribution is -0.138. The number of hydrogen-bond acceptors (Lipinski definition) is 8. The van der Waals surface area contributed by atoms with Gasteiger partial charge in [0, 0.05) is 42.8 Å². The van der Waals surface area contributed by atoms with Crippen molar-refractivity contribution in [2.75, 3.05) is 25.5 Å². The van der Waals surface area contributed by atoms with E-state index in [-0.39, 0.29) is 30.1 Å². The van der Waals surface area contributed by atoms with Gasteiger partial charge in [0.25, 0.3) is 6.47 Å². The van der Waals surface area contributed by atoms with Gasteiger partial charge in [-0.05, 0) is 82.2 Å². The average Bonchev–Trinajstić information content (AvgIpc) is 2.99. The summed E-state index contributed by atoms with van der Waals surface area (Å²) in [6.07, 6.45) is 0.647. The highest BCUT2D eigenvalue weighted by atomic mass is 19.4. The van der Waals surface area contributed by atoms with Gasteiger partial charge < -0.3 is 19.7 Å². The van der Waals surface area contributed by atoms with Crippen LogP contribution in [0, 0.1) is 0 Å². The van der Waals surface area contributed by atoms with Crippen molar-refractivity contribution in [2.24, 2.45) is 0 Å². The van der Waals surface area contributed by atoms with Crippen LogP contribution in [0.5, 0.6) is 0 Å². The second-order valence-corrected chi connectivity index (χ2v) is 11.4. The topological polar surface area (TPSA) is 107 Å². The molecule has 2 aromatic heterocycles. The number of anilines is 2. The Morgan fingerprint density at radius 3 is 2.39 bits per heavy atom. The lowest BCUT2D eigenvalue weighted by Crippen LogP contribution is -2.42. The minimum absolute atomic E-state index is 0.0706. The third-order valence-electron chi connectivity index (χ3n) is 6.94. The van der Waals surface area contributed by atoms with Crippen LogP contribution in [-0.2, 0) is 39.7 Å². The maximum absolute atomic E-state index is 13.7. The molecule has 1 aliphatic rings. The molecule has 9 nitrogen and oxygen atoms in total. The number of hydrogen-bond donors (Lipinski definition) is 1. The number of carbonyl (C=O) groups is 2. The number of halogens is 3. The first-order chi connectivity index (χ1) is 20.8. The van der Waals surface area contributed by atoms with Crippen molar-refractivity contribution in [2.45, 2.75) is 77.5 Å². The standard InChI is InChI=1S/C30H36F3N5O2.C2H4O2/c1-5-20-8-6-16-34-25(20)14-15-26-24(30(31,32)33)18-35-27(37-26)36-23-12-10-21(11-13-23)22-9-7-17-38(19-22)28(39)40-29(2,3)4;1-4-2-3/h6,8,10-13,16,18,22H,5,7,9,14-15,17,19H2,1-4H3,(H,35,36,37);2H,1H3. The Morgan fingerprint density at radius 1 is 1.09 bits per heavy atom. The van der Waals surface area contributed by atoms with Crippen molar-refractivity contribution >= 4 is 24.2 Å². The van der Waals surface area contributed by atoms with E-state index in [0.29, 0.717) is 31.7 Å². The summed E-state index contributed by atoms with van der Waals surface area (Å²) in [6.45, 7) is 9.16. The lowest BCUT2D eigenvalue weighted by Gasteiger charge is -2.34. The Kier molecular flexibility index (Phi) is 12.1. The van der Waals surface area contributed by atoms with Crippen LogP contribution in [0.1, 0.15) is 74.5 Å². The van der Waals surface area contributed by atoms with E-state index in [1.807, 2.05) is 64.1 Å². The maximum Gasteiger partial charge on any atom is 0.419 e. The Balaban J connectivity index is 0.00000124. The van der Waals surface area contributed by atoms with E-state index in [1.165, 1.54) is 7.11 Å². The molecule has 1 aliphatic heterocycles. The molecule has 1 fully saturated rings. The number of ether oxygens (including phenoxy) is 2. The molecule has 3 aromatic rings. The molecule has 0 saturated carbocycles. The van der Waals surface area contributed by atoms with Crippen molar-refractivity contribution in [3.8, 4) is 0 Å². The summed E-state index contributed by atoms with van der Waals surface area (Å²) in [5, 5.41) is 3.04. The predicted molar refractivity (Wildman–Crippen MR) is 161 cm³/mol. The molecule has 1 N–H and O–H groups in total. The smallest absolute Gasteiger partial charge is 0.419 e. The van der Waals surface area contributed by atoms with Crippen LogP contribution < -0.4 is 5.32 Å². The fourth-order valence-electron chi connectivity index (χ4n) is 4.87. The highest BCUT2D eigenvalue weighted by Crippen LogP contribution is 2.33. The molecule has 0 spiro atoms. The van der Waals surface area contributed by atoms with Gasteiger partial charge in [-0.25, -0.2) is 14.8 Å². The number of carbonyl (C=O) groups excluding carboxylic acids is 2. The zero-order chi connectivity index (χ0) is 32.3. The molecule has 1 saturated heterocycles. The molecule has 0 aliphatic carbocycles. The van der Waals surface area contributed by atoms with Crippen molar-refractivity contribution in [1.29, 1.82) is 0 Å². The van der Waals surface area contributed by atoms with Gasteiger partial charge >= 0.3 is 12.3 Å². The van der Waals surface area contributed by atoms with Gasteiger partial charge in [0.15, 0.2) is 0 Å². The fourth-order valence-corrected chi connectivity index (χ4v) is 4.87. The van der Waals surface area contributed by atoms with Crippen molar-refractivity contribution in [3.05, 3.63) is 76.9 Å². The van der Waals surface area contributed by atoms with E-state index in [2.05, 4.69) is 25.0 Å². The molecule has 238 valence electrons. The van der Waals surface area contributed by atoms with Crippen molar-refractivity contribution in [3.63, 3.8) is 0 Å². The molecule has 44 heavy (non-hydrogen) atoms. The van der Waals surface area contributed by atoms with E-state index < -0.39 is 17.3 Å². The molecule has 1 amide bonds. The first kappa shape index (κ1) is 34.3. The van der Waals surface area contributed by atoms with Gasteiger partial charge in [0.1, 0.15) is 5.60 Å². The lowest BCUT2D eigenvalue weighted by atomic mass is 9.90. The number of aromatic nitrogens is 3. The summed E-state index contributed by atoms with van der Waals surface area (Å²) >= 11 is 0. The number of likely N-dealkylation sites (tertiary alicyclic amines) is 1. The Labute approximate surface area is 256 Å². The van der Waals surface area contributed by atoms with Crippen molar-refractivity contribution in [1.82, 2.24) is 19.9 Å². The van der Waals surface area contributed by atoms with Gasteiger partial charge in [0.05, 0.1) is 18.4 Å². The first-order valence-electron chi connectivity index (χ1n) is 14.5. The number of aryl methyl sites for hydroxylation is 3. The van der Waals surface area contributed by atoms with Gasteiger partial charge in [-0.15, -0.1) is 0 Å². The summed E-state index contributed by atoms with van der Waals surface area (Å²) in [5.41, 5.74) is 2.06. The van der Waals surface area contributed by atoms with Crippen molar-refractivity contribution < 1.29 is 32.2 Å². The number of nitrogens with zero attached hydrogens (tertiary/aromatic N) is 4. The fraction of sp³-hybridized carbons (Fsp3) is 0.469. The second kappa shape index (κ2) is 15.5. The number of rotatable bonds is 8. The largest absolute Gasteiger partial charge is 0.471 e. The Morgan fingerprint density at radius 2 is 1.77 bits per heavy atom. The number of methoxy groups -OCH3 is 1. The van der Waals surface area contributed by atoms with Crippen LogP contribution in [0.15, 0.2) is 48.8 Å². The molecule has 12 heteroatoms. The van der Waals surface area contributed by atoms with E-state index in [4.69, 9.17) is 9.53 Å². The monoisotopic (exact) mass is 615 g/mol. The van der Waals surface area contributed by atoms with Crippen LogP contribution >= 0.6 is 0 Å². The minimum atomic E-state index is -4.56. The van der Waals surface area contributed by atoms with E-state index >= 15 is 0 Å². The number of alkyl halides is 3. The average molecular weight is 616 g/mol. The van der Waals surface area contributed by atoms with Crippen LogP contribution in [0.25, 0.3) is 0 Å². The SMILES string of the molecule is CCc1cccnc1CCc1nc(Nc2ccc(C3CCCN(C(=O)OC(C)(C)C)C3)cc2)ncc1C(F)(F)F.COC=O. The molecular formula is C32H40F3N5O4. The Hall–Kier alpha value is -4.22. The third kappa shape index (κ3) is 10.2. The summed E-state index contributed by atoms with van der Waals surface area (Å²) in [7, 11) is 1.31. The van der Waals surface area contributed by atoms with Gasteiger partial charge in [-0.2, -0.15) is 13.2 Å². The summed E-state index contributed by atoms with van der Waals surface area (Å²) < 4.78 is 50.5. The van der Waals surface area contributed by atoms with Gasteiger partial charge in [0.2, 0.25) is 5.95 Å². The van der Waals surface area contributed by atoms with E-state index in [1.54, 1.807) is 11.1 Å². The van der Waals surface area contributed by atoms with E-state index in [9.17, 15) is 18.0 Å². The maximum atomic E-state index is 13.7. The normalized spacial score (nSPS) is 15.1. The number of piperidine rings is 1. The molecular weight excluding hydrogens is 575 g/mol. The number of nitrogens with one attached hydrogen (secondary N) is 1. The van der Waals surface area contributed by atoms with Crippen LogP contribution in [-0.4, -0.2) is 58.2 Å². The number of amides is 1. The molecule has 3 heterocycles.